The van der Waals surface area contributed by atoms with Gasteiger partial charge in [-0.3, -0.25) is 13.9 Å². The number of anilines is 1. The summed E-state index contributed by atoms with van der Waals surface area (Å²) >= 11 is 0. The fraction of sp³-hybridized carbons (Fsp3) is 0.333. The molecule has 0 fully saturated rings. The van der Waals surface area contributed by atoms with Crippen molar-refractivity contribution in [3.63, 3.8) is 0 Å². The third kappa shape index (κ3) is 8.81. The lowest BCUT2D eigenvalue weighted by Crippen LogP contribution is -2.53. The lowest BCUT2D eigenvalue weighted by molar-refractivity contribution is -0.140. The molecule has 0 aromatic heterocycles. The van der Waals surface area contributed by atoms with Crippen molar-refractivity contribution >= 4 is 27.5 Å². The van der Waals surface area contributed by atoms with Gasteiger partial charge < -0.3 is 15.0 Å². The van der Waals surface area contributed by atoms with E-state index in [4.69, 9.17) is 4.74 Å². The van der Waals surface area contributed by atoms with E-state index >= 15 is 0 Å². The van der Waals surface area contributed by atoms with E-state index in [2.05, 4.69) is 5.32 Å². The van der Waals surface area contributed by atoms with Gasteiger partial charge in [-0.1, -0.05) is 62.4 Å². The Labute approximate surface area is 235 Å². The van der Waals surface area contributed by atoms with Gasteiger partial charge in [0.15, 0.2) is 0 Å². The highest BCUT2D eigenvalue weighted by Gasteiger charge is 2.33. The summed E-state index contributed by atoms with van der Waals surface area (Å²) in [4.78, 5) is 29.0. The molecule has 0 saturated heterocycles. The summed E-state index contributed by atoms with van der Waals surface area (Å²) in [5, 5.41) is 2.93. The zero-order valence-electron chi connectivity index (χ0n) is 23.2. The number of nitrogens with zero attached hydrogens (tertiary/aromatic N) is 2. The van der Waals surface area contributed by atoms with Crippen molar-refractivity contribution in [1.82, 2.24) is 10.2 Å². The van der Waals surface area contributed by atoms with Gasteiger partial charge in [0.2, 0.25) is 21.8 Å². The molecular formula is C30H36FN3O5S. The summed E-state index contributed by atoms with van der Waals surface area (Å²) in [6.07, 6.45) is 1.16. The maximum Gasteiger partial charge on any atom is 0.244 e. The lowest BCUT2D eigenvalue weighted by atomic mass is 10.0. The van der Waals surface area contributed by atoms with Crippen LogP contribution in [0.5, 0.6) is 5.75 Å². The number of benzene rings is 3. The van der Waals surface area contributed by atoms with E-state index in [0.29, 0.717) is 17.9 Å². The fourth-order valence-corrected chi connectivity index (χ4v) is 5.03. The molecule has 214 valence electrons. The Kier molecular flexibility index (Phi) is 10.7. The number of hydrogen-bond donors (Lipinski definition) is 1. The highest BCUT2D eigenvalue weighted by atomic mass is 32.2. The topological polar surface area (TPSA) is 96.0 Å². The van der Waals surface area contributed by atoms with E-state index < -0.39 is 34.3 Å². The van der Waals surface area contributed by atoms with Crippen LogP contribution < -0.4 is 14.4 Å². The molecule has 0 radical (unpaired) electrons. The van der Waals surface area contributed by atoms with Crippen LogP contribution in [0.2, 0.25) is 0 Å². The van der Waals surface area contributed by atoms with E-state index in [0.717, 1.165) is 22.2 Å². The molecule has 10 heteroatoms. The molecule has 0 spiro atoms. The van der Waals surface area contributed by atoms with Crippen molar-refractivity contribution in [2.75, 3.05) is 30.8 Å². The molecule has 2 amide bonds. The Morgan fingerprint density at radius 1 is 0.950 bits per heavy atom. The number of amides is 2. The molecule has 40 heavy (non-hydrogen) atoms. The van der Waals surface area contributed by atoms with Crippen LogP contribution >= 0.6 is 0 Å². The van der Waals surface area contributed by atoms with Gasteiger partial charge in [-0.2, -0.15) is 0 Å². The van der Waals surface area contributed by atoms with Crippen molar-refractivity contribution in [3.8, 4) is 5.75 Å². The Balaban J connectivity index is 2.06. The van der Waals surface area contributed by atoms with Crippen molar-refractivity contribution in [1.29, 1.82) is 0 Å². The molecule has 0 bridgehead atoms. The van der Waals surface area contributed by atoms with Crippen LogP contribution in [0.15, 0.2) is 78.9 Å². The van der Waals surface area contributed by atoms with Gasteiger partial charge >= 0.3 is 0 Å². The summed E-state index contributed by atoms with van der Waals surface area (Å²) in [5.74, 6) is -0.852. The molecule has 1 atom stereocenters. The molecule has 0 unspecified atom stereocenters. The maximum absolute atomic E-state index is 14.0. The first-order valence-electron chi connectivity index (χ1n) is 12.9. The molecule has 0 aliphatic carbocycles. The van der Waals surface area contributed by atoms with Gasteiger partial charge in [0.25, 0.3) is 0 Å². The molecule has 3 aromatic carbocycles. The number of carbonyl (C=O) groups is 2. The van der Waals surface area contributed by atoms with E-state index in [1.807, 2.05) is 44.2 Å². The highest BCUT2D eigenvalue weighted by Crippen LogP contribution is 2.22. The van der Waals surface area contributed by atoms with Crippen molar-refractivity contribution in [3.05, 3.63) is 95.8 Å². The summed E-state index contributed by atoms with van der Waals surface area (Å²) in [5.41, 5.74) is 1.54. The van der Waals surface area contributed by atoms with Gasteiger partial charge in [-0.25, -0.2) is 12.8 Å². The van der Waals surface area contributed by atoms with Crippen molar-refractivity contribution in [2.24, 2.45) is 5.92 Å². The second kappa shape index (κ2) is 13.9. The minimum atomic E-state index is -3.97. The Morgan fingerprint density at radius 3 is 2.25 bits per heavy atom. The van der Waals surface area contributed by atoms with Crippen LogP contribution in [-0.2, 0) is 32.6 Å². The van der Waals surface area contributed by atoms with Gasteiger partial charge in [-0.15, -0.1) is 0 Å². The van der Waals surface area contributed by atoms with E-state index in [1.165, 1.54) is 30.2 Å². The first-order valence-corrected chi connectivity index (χ1v) is 14.8. The molecule has 8 nitrogen and oxygen atoms in total. The SMILES string of the molecule is COc1cccc(CN(C(=O)CN(c2cccc(F)c2)S(C)(=O)=O)[C@@H](Cc2ccccc2)C(=O)NCC(C)C)c1. The summed E-state index contributed by atoms with van der Waals surface area (Å²) in [6.45, 7) is 3.74. The minimum absolute atomic E-state index is 0.0149. The first-order chi connectivity index (χ1) is 19.0. The van der Waals surface area contributed by atoms with E-state index in [1.54, 1.807) is 24.3 Å². The normalized spacial score (nSPS) is 12.1. The van der Waals surface area contributed by atoms with Gasteiger partial charge in [0.05, 0.1) is 19.1 Å². The van der Waals surface area contributed by atoms with Crippen LogP contribution in [0.25, 0.3) is 0 Å². The molecule has 0 aliphatic rings. The molecular weight excluding hydrogens is 533 g/mol. The molecule has 0 saturated carbocycles. The largest absolute Gasteiger partial charge is 0.497 e. The van der Waals surface area contributed by atoms with E-state index in [9.17, 15) is 22.4 Å². The van der Waals surface area contributed by atoms with Gasteiger partial charge in [0, 0.05) is 19.5 Å². The second-order valence-corrected chi connectivity index (χ2v) is 11.9. The van der Waals surface area contributed by atoms with Crippen molar-refractivity contribution < 1.29 is 27.1 Å². The maximum atomic E-state index is 14.0. The van der Waals surface area contributed by atoms with Gasteiger partial charge in [0.1, 0.15) is 24.2 Å². The number of methoxy groups -OCH3 is 1. The first kappa shape index (κ1) is 30.6. The third-order valence-corrected chi connectivity index (χ3v) is 7.36. The molecule has 0 aliphatic heterocycles. The number of hydrogen-bond acceptors (Lipinski definition) is 5. The minimum Gasteiger partial charge on any atom is -0.497 e. The zero-order chi connectivity index (χ0) is 29.3. The third-order valence-electron chi connectivity index (χ3n) is 6.22. The Morgan fingerprint density at radius 2 is 1.62 bits per heavy atom. The predicted molar refractivity (Wildman–Crippen MR) is 154 cm³/mol. The van der Waals surface area contributed by atoms with Crippen molar-refractivity contribution in [2.45, 2.75) is 32.9 Å². The number of ether oxygens (including phenoxy) is 1. The van der Waals surface area contributed by atoms with E-state index in [-0.39, 0.29) is 30.5 Å². The van der Waals surface area contributed by atoms with Crippen LogP contribution in [0.4, 0.5) is 10.1 Å². The van der Waals surface area contributed by atoms with Crippen LogP contribution in [-0.4, -0.2) is 57.6 Å². The molecule has 3 rings (SSSR count). The number of nitrogens with one attached hydrogen (secondary N) is 1. The monoisotopic (exact) mass is 569 g/mol. The molecule has 1 N–H and O–H groups in total. The molecule has 0 heterocycles. The second-order valence-electron chi connectivity index (χ2n) is 9.97. The fourth-order valence-electron chi connectivity index (χ4n) is 4.19. The zero-order valence-corrected chi connectivity index (χ0v) is 24.0. The van der Waals surface area contributed by atoms with Crippen LogP contribution in [0, 0.1) is 11.7 Å². The highest BCUT2D eigenvalue weighted by molar-refractivity contribution is 7.92. The quantitative estimate of drug-likeness (QED) is 0.336. The predicted octanol–water partition coefficient (Wildman–Crippen LogP) is 4.01. The average Bonchev–Trinajstić information content (AvgIpc) is 2.92. The Bertz CT molecular complexity index is 1400. The number of rotatable bonds is 13. The number of sulfonamides is 1. The van der Waals surface area contributed by atoms with Crippen LogP contribution in [0.1, 0.15) is 25.0 Å². The summed E-state index contributed by atoms with van der Waals surface area (Å²) in [7, 11) is -2.44. The average molecular weight is 570 g/mol. The lowest BCUT2D eigenvalue weighted by Gasteiger charge is -2.33. The van der Waals surface area contributed by atoms with Gasteiger partial charge in [-0.05, 0) is 47.4 Å². The number of carbonyl (C=O) groups excluding carboxylic acids is 2. The van der Waals surface area contributed by atoms with Crippen LogP contribution in [0.3, 0.4) is 0 Å². The number of halogens is 1. The standard InChI is InChI=1S/C30H36FN3O5S/c1-22(2)19-32-30(36)28(17-23-10-6-5-7-11-23)33(20-24-12-8-15-27(16-24)39-3)29(35)21-34(40(4,37)38)26-14-9-13-25(31)18-26/h5-16,18,22,28H,17,19-21H2,1-4H3,(H,32,36)/t28-/m0/s1. The summed E-state index contributed by atoms with van der Waals surface area (Å²) < 4.78 is 45.7. The molecule has 3 aromatic rings. The Hall–Kier alpha value is -3.92. The summed E-state index contributed by atoms with van der Waals surface area (Å²) in [6, 6.07) is 20.5. The smallest absolute Gasteiger partial charge is 0.244 e.